The normalized spacial score (nSPS) is 11.3. The molecule has 0 spiro atoms. The van der Waals surface area contributed by atoms with Crippen molar-refractivity contribution in [3.05, 3.63) is 35.4 Å². The largest absolute Gasteiger partial charge is 0.465 e. The average Bonchev–Trinajstić information content (AvgIpc) is 2.28. The Labute approximate surface area is 104 Å². The van der Waals surface area contributed by atoms with Gasteiger partial charge in [0, 0.05) is 12.8 Å². The van der Waals surface area contributed by atoms with Gasteiger partial charge in [-0.2, -0.15) is 0 Å². The fourth-order valence-electron chi connectivity index (χ4n) is 1.56. The van der Waals surface area contributed by atoms with Crippen molar-refractivity contribution in [3.8, 4) is 0 Å². The molecule has 0 aromatic heterocycles. The Balaban J connectivity index is 2.49. The summed E-state index contributed by atoms with van der Waals surface area (Å²) in [5, 5.41) is 0. The fourth-order valence-corrected chi connectivity index (χ4v) is 1.56. The third-order valence-electron chi connectivity index (χ3n) is 2.76. The van der Waals surface area contributed by atoms with Gasteiger partial charge in [0.2, 0.25) is 0 Å². The summed E-state index contributed by atoms with van der Waals surface area (Å²) < 4.78 is 5.05. The van der Waals surface area contributed by atoms with E-state index >= 15 is 0 Å². The Morgan fingerprint density at radius 3 is 2.24 bits per heavy atom. The van der Waals surface area contributed by atoms with Gasteiger partial charge in [-0.05, 0) is 16.5 Å². The van der Waals surface area contributed by atoms with E-state index in [1.807, 2.05) is 0 Å². The zero-order valence-electron chi connectivity index (χ0n) is 11.2. The van der Waals surface area contributed by atoms with Crippen LogP contribution in [0.2, 0.25) is 0 Å². The number of benzene rings is 1. The number of hydrogen-bond donors (Lipinski definition) is 0. The Morgan fingerprint density at radius 1 is 1.18 bits per heavy atom. The molecule has 0 aliphatic heterocycles. The van der Waals surface area contributed by atoms with Crippen molar-refractivity contribution in [2.45, 2.75) is 46.0 Å². The summed E-state index contributed by atoms with van der Waals surface area (Å²) in [6.07, 6.45) is 1.24. The monoisotopic (exact) mass is 234 g/mol. The first kappa shape index (κ1) is 13.8. The molecule has 0 heterocycles. The lowest BCUT2D eigenvalue weighted by molar-refractivity contribution is -0.143. The average molecular weight is 234 g/mol. The molecule has 0 atom stereocenters. The van der Waals surface area contributed by atoms with Crippen molar-refractivity contribution in [1.29, 1.82) is 0 Å². The highest BCUT2D eigenvalue weighted by molar-refractivity contribution is 5.68. The number of esters is 1. The molecule has 0 saturated heterocycles. The summed E-state index contributed by atoms with van der Waals surface area (Å²) in [5.74, 6) is -0.128. The Hall–Kier alpha value is -1.31. The summed E-state index contributed by atoms with van der Waals surface area (Å²) in [7, 11) is 0. The molecule has 0 aliphatic carbocycles. The van der Waals surface area contributed by atoms with Gasteiger partial charge < -0.3 is 4.74 Å². The summed E-state index contributed by atoms with van der Waals surface area (Å²) in [4.78, 5) is 11.0. The predicted octanol–water partition coefficient (Wildman–Crippen LogP) is 3.48. The highest BCUT2D eigenvalue weighted by Crippen LogP contribution is 2.22. The minimum atomic E-state index is -0.128. The SMILES string of the molecule is CCC(=O)OCCc1ccc(C(C)(C)C)cc1. The lowest BCUT2D eigenvalue weighted by atomic mass is 9.86. The molecule has 0 N–H and O–H groups in total. The van der Waals surface area contributed by atoms with Gasteiger partial charge in [-0.3, -0.25) is 4.79 Å². The predicted molar refractivity (Wildman–Crippen MR) is 70.1 cm³/mol. The van der Waals surface area contributed by atoms with E-state index < -0.39 is 0 Å². The van der Waals surface area contributed by atoms with Crippen molar-refractivity contribution in [2.24, 2.45) is 0 Å². The summed E-state index contributed by atoms with van der Waals surface area (Å²) in [6, 6.07) is 8.52. The van der Waals surface area contributed by atoms with E-state index in [1.54, 1.807) is 6.92 Å². The smallest absolute Gasteiger partial charge is 0.305 e. The fraction of sp³-hybridized carbons (Fsp3) is 0.533. The maximum absolute atomic E-state index is 11.0. The Kier molecular flexibility index (Phi) is 4.73. The van der Waals surface area contributed by atoms with Crippen LogP contribution in [0.25, 0.3) is 0 Å². The van der Waals surface area contributed by atoms with Crippen LogP contribution in [0, 0.1) is 0 Å². The van der Waals surface area contributed by atoms with Crippen molar-refractivity contribution in [2.75, 3.05) is 6.61 Å². The van der Waals surface area contributed by atoms with Crippen LogP contribution in [0.1, 0.15) is 45.2 Å². The topological polar surface area (TPSA) is 26.3 Å². The maximum atomic E-state index is 11.0. The highest BCUT2D eigenvalue weighted by Gasteiger charge is 2.12. The molecule has 1 aromatic carbocycles. The van der Waals surface area contributed by atoms with Crippen LogP contribution in [0.4, 0.5) is 0 Å². The van der Waals surface area contributed by atoms with Crippen molar-refractivity contribution in [1.82, 2.24) is 0 Å². The third-order valence-corrected chi connectivity index (χ3v) is 2.76. The zero-order valence-corrected chi connectivity index (χ0v) is 11.2. The van der Waals surface area contributed by atoms with Gasteiger partial charge in [0.05, 0.1) is 6.61 Å². The number of carbonyl (C=O) groups excluding carboxylic acids is 1. The van der Waals surface area contributed by atoms with E-state index in [0.29, 0.717) is 13.0 Å². The summed E-state index contributed by atoms with van der Waals surface area (Å²) >= 11 is 0. The molecule has 2 heteroatoms. The second-order valence-electron chi connectivity index (χ2n) is 5.27. The number of ether oxygens (including phenoxy) is 1. The molecule has 17 heavy (non-hydrogen) atoms. The van der Waals surface area contributed by atoms with Crippen molar-refractivity contribution in [3.63, 3.8) is 0 Å². The van der Waals surface area contributed by atoms with Gasteiger partial charge in [-0.25, -0.2) is 0 Å². The molecule has 0 aliphatic rings. The zero-order chi connectivity index (χ0) is 12.9. The highest BCUT2D eigenvalue weighted by atomic mass is 16.5. The lowest BCUT2D eigenvalue weighted by Gasteiger charge is -2.19. The van der Waals surface area contributed by atoms with E-state index in [-0.39, 0.29) is 11.4 Å². The first-order valence-electron chi connectivity index (χ1n) is 6.18. The Bertz CT molecular complexity index is 358. The van der Waals surface area contributed by atoms with E-state index in [0.717, 1.165) is 6.42 Å². The van der Waals surface area contributed by atoms with Gasteiger partial charge in [-0.1, -0.05) is 52.0 Å². The lowest BCUT2D eigenvalue weighted by Crippen LogP contribution is -2.11. The molecule has 2 nitrogen and oxygen atoms in total. The molecule has 94 valence electrons. The molecular weight excluding hydrogens is 212 g/mol. The second-order valence-corrected chi connectivity index (χ2v) is 5.27. The van der Waals surface area contributed by atoms with Gasteiger partial charge in [0.1, 0.15) is 0 Å². The molecule has 1 rings (SSSR count). The standard InChI is InChI=1S/C15H22O2/c1-5-14(16)17-11-10-12-6-8-13(9-7-12)15(2,3)4/h6-9H,5,10-11H2,1-4H3. The molecule has 0 bridgehead atoms. The van der Waals surface area contributed by atoms with Crippen LogP contribution in [0.3, 0.4) is 0 Å². The van der Waals surface area contributed by atoms with E-state index in [4.69, 9.17) is 4.74 Å². The molecule has 1 aromatic rings. The quantitative estimate of drug-likeness (QED) is 0.745. The van der Waals surface area contributed by atoms with Gasteiger partial charge >= 0.3 is 5.97 Å². The molecule has 0 fully saturated rings. The first-order valence-corrected chi connectivity index (χ1v) is 6.18. The van der Waals surface area contributed by atoms with Crippen LogP contribution in [-0.2, 0) is 21.4 Å². The van der Waals surface area contributed by atoms with Gasteiger partial charge in [-0.15, -0.1) is 0 Å². The first-order chi connectivity index (χ1) is 7.93. The minimum absolute atomic E-state index is 0.128. The number of carbonyl (C=O) groups is 1. The van der Waals surface area contributed by atoms with Crippen LogP contribution >= 0.6 is 0 Å². The van der Waals surface area contributed by atoms with Crippen molar-refractivity contribution < 1.29 is 9.53 Å². The van der Waals surface area contributed by atoms with Gasteiger partial charge in [0.15, 0.2) is 0 Å². The Morgan fingerprint density at radius 2 is 1.76 bits per heavy atom. The number of rotatable bonds is 4. The van der Waals surface area contributed by atoms with Crippen LogP contribution in [0.15, 0.2) is 24.3 Å². The molecule has 0 radical (unpaired) electrons. The second kappa shape index (κ2) is 5.85. The summed E-state index contributed by atoms with van der Waals surface area (Å²) in [5.41, 5.74) is 2.72. The van der Waals surface area contributed by atoms with Crippen LogP contribution in [0.5, 0.6) is 0 Å². The van der Waals surface area contributed by atoms with Crippen LogP contribution < -0.4 is 0 Å². The van der Waals surface area contributed by atoms with E-state index in [2.05, 4.69) is 45.0 Å². The summed E-state index contributed by atoms with van der Waals surface area (Å²) in [6.45, 7) is 8.88. The van der Waals surface area contributed by atoms with E-state index in [1.165, 1.54) is 11.1 Å². The number of hydrogen-bond acceptors (Lipinski definition) is 2. The van der Waals surface area contributed by atoms with Crippen molar-refractivity contribution >= 4 is 5.97 Å². The third kappa shape index (κ3) is 4.59. The maximum Gasteiger partial charge on any atom is 0.305 e. The molecular formula is C15H22O2. The molecule has 0 amide bonds. The molecule has 0 unspecified atom stereocenters. The van der Waals surface area contributed by atoms with Crippen LogP contribution in [-0.4, -0.2) is 12.6 Å². The van der Waals surface area contributed by atoms with E-state index in [9.17, 15) is 4.79 Å². The molecule has 0 saturated carbocycles. The van der Waals surface area contributed by atoms with Gasteiger partial charge in [0.25, 0.3) is 0 Å². The minimum Gasteiger partial charge on any atom is -0.465 e.